The molecule has 1 heterocycles. The molecular formula is C29H27Cl2NO3. The van der Waals surface area contributed by atoms with Crippen molar-refractivity contribution in [1.82, 2.24) is 0 Å². The Balaban J connectivity index is 1.86. The molecule has 4 nitrogen and oxygen atoms in total. The lowest BCUT2D eigenvalue weighted by molar-refractivity contribution is -0.132. The molecule has 3 aromatic rings. The van der Waals surface area contributed by atoms with Crippen molar-refractivity contribution < 1.29 is 14.7 Å². The maximum absolute atomic E-state index is 13.3. The third-order valence-electron chi connectivity index (χ3n) is 6.37. The second-order valence-electron chi connectivity index (χ2n) is 8.66. The van der Waals surface area contributed by atoms with Crippen LogP contribution in [0.4, 0.5) is 5.69 Å². The van der Waals surface area contributed by atoms with Gasteiger partial charge in [-0.25, -0.2) is 0 Å². The Labute approximate surface area is 215 Å². The van der Waals surface area contributed by atoms with Crippen LogP contribution in [0.25, 0.3) is 5.76 Å². The molecule has 1 unspecified atom stereocenters. The highest BCUT2D eigenvalue weighted by atomic mass is 35.5. The summed E-state index contributed by atoms with van der Waals surface area (Å²) in [5, 5.41) is 11.8. The standard InChI is InChI=1S/C29H27Cl2NO3/c1-3-5-6-19-9-14-22(15-10-19)32-26(20-11-7-18(4-2)8-12-20)25(28(34)29(32)35)27(33)21-13-16-23(30)24(31)17-21/h7-17,26,33H,3-6H2,1-2H3/b27-25-. The van der Waals surface area contributed by atoms with Crippen molar-refractivity contribution in [3.63, 3.8) is 0 Å². The van der Waals surface area contributed by atoms with Crippen molar-refractivity contribution in [3.05, 3.63) is 105 Å². The average molecular weight is 508 g/mol. The van der Waals surface area contributed by atoms with Gasteiger partial charge in [0.25, 0.3) is 11.7 Å². The van der Waals surface area contributed by atoms with Crippen LogP contribution < -0.4 is 4.90 Å². The highest BCUT2D eigenvalue weighted by Gasteiger charge is 2.47. The minimum atomic E-state index is -0.781. The van der Waals surface area contributed by atoms with Crippen LogP contribution >= 0.6 is 23.2 Å². The van der Waals surface area contributed by atoms with Gasteiger partial charge in [0.2, 0.25) is 0 Å². The molecule has 0 spiro atoms. The normalized spacial score (nSPS) is 17.3. The summed E-state index contributed by atoms with van der Waals surface area (Å²) in [5.41, 5.74) is 3.99. The van der Waals surface area contributed by atoms with Gasteiger partial charge in [0.15, 0.2) is 0 Å². The molecule has 0 bridgehead atoms. The molecule has 1 aliphatic rings. The molecule has 0 radical (unpaired) electrons. The van der Waals surface area contributed by atoms with E-state index >= 15 is 0 Å². The summed E-state index contributed by atoms with van der Waals surface area (Å²) >= 11 is 12.2. The van der Waals surface area contributed by atoms with Gasteiger partial charge in [-0.3, -0.25) is 14.5 Å². The quantitative estimate of drug-likeness (QED) is 0.204. The first kappa shape index (κ1) is 25.0. The van der Waals surface area contributed by atoms with E-state index in [0.717, 1.165) is 36.8 Å². The Morgan fingerprint density at radius 1 is 0.886 bits per heavy atom. The van der Waals surface area contributed by atoms with Crippen LogP contribution in [0.15, 0.2) is 72.3 Å². The molecule has 0 saturated carbocycles. The van der Waals surface area contributed by atoms with Crippen molar-refractivity contribution in [2.45, 2.75) is 45.6 Å². The molecule has 180 valence electrons. The van der Waals surface area contributed by atoms with Crippen LogP contribution in [0.1, 0.15) is 55.0 Å². The van der Waals surface area contributed by atoms with Crippen molar-refractivity contribution in [2.24, 2.45) is 0 Å². The number of Topliss-reactive ketones (excluding diaryl/α,β-unsaturated/α-hetero) is 1. The van der Waals surface area contributed by atoms with Gasteiger partial charge in [0.05, 0.1) is 21.7 Å². The Bertz CT molecular complexity index is 1280. The van der Waals surface area contributed by atoms with Crippen LogP contribution in [0.2, 0.25) is 10.0 Å². The Hall–Kier alpha value is -3.08. The number of anilines is 1. The lowest BCUT2D eigenvalue weighted by atomic mass is 9.94. The number of aliphatic hydroxyl groups excluding tert-OH is 1. The average Bonchev–Trinajstić information content (AvgIpc) is 3.14. The number of hydrogen-bond acceptors (Lipinski definition) is 3. The van der Waals surface area contributed by atoms with E-state index in [2.05, 4.69) is 13.8 Å². The number of carbonyl (C=O) groups is 2. The van der Waals surface area contributed by atoms with Gasteiger partial charge >= 0.3 is 0 Å². The van der Waals surface area contributed by atoms with E-state index in [1.807, 2.05) is 48.5 Å². The summed E-state index contributed by atoms with van der Waals surface area (Å²) in [7, 11) is 0. The second kappa shape index (κ2) is 10.7. The number of nitrogens with zero attached hydrogens (tertiary/aromatic N) is 1. The van der Waals surface area contributed by atoms with E-state index in [4.69, 9.17) is 23.2 Å². The monoisotopic (exact) mass is 507 g/mol. The van der Waals surface area contributed by atoms with Crippen LogP contribution in [0.3, 0.4) is 0 Å². The zero-order chi connectivity index (χ0) is 25.1. The fraction of sp³-hybridized carbons (Fsp3) is 0.241. The largest absolute Gasteiger partial charge is 0.507 e. The second-order valence-corrected chi connectivity index (χ2v) is 9.48. The fourth-order valence-electron chi connectivity index (χ4n) is 4.35. The highest BCUT2D eigenvalue weighted by molar-refractivity contribution is 6.51. The van der Waals surface area contributed by atoms with Gasteiger partial charge in [-0.2, -0.15) is 0 Å². The number of benzene rings is 3. The first-order valence-electron chi connectivity index (χ1n) is 11.8. The third kappa shape index (κ3) is 5.00. The Morgan fingerprint density at radius 3 is 2.14 bits per heavy atom. The van der Waals surface area contributed by atoms with E-state index < -0.39 is 17.7 Å². The summed E-state index contributed by atoms with van der Waals surface area (Å²) in [6.45, 7) is 4.21. The lowest BCUT2D eigenvalue weighted by Crippen LogP contribution is -2.29. The smallest absolute Gasteiger partial charge is 0.300 e. The third-order valence-corrected chi connectivity index (χ3v) is 7.11. The predicted molar refractivity (Wildman–Crippen MR) is 142 cm³/mol. The van der Waals surface area contributed by atoms with Crippen LogP contribution in [0.5, 0.6) is 0 Å². The summed E-state index contributed by atoms with van der Waals surface area (Å²) in [4.78, 5) is 28.1. The summed E-state index contributed by atoms with van der Waals surface area (Å²) < 4.78 is 0. The molecule has 3 aromatic carbocycles. The Morgan fingerprint density at radius 2 is 1.54 bits per heavy atom. The molecular weight excluding hydrogens is 481 g/mol. The first-order chi connectivity index (χ1) is 16.8. The number of aryl methyl sites for hydroxylation is 2. The topological polar surface area (TPSA) is 57.6 Å². The van der Waals surface area contributed by atoms with Crippen molar-refractivity contribution >= 4 is 46.3 Å². The van der Waals surface area contributed by atoms with Crippen LogP contribution in [0, 0.1) is 0 Å². The maximum Gasteiger partial charge on any atom is 0.300 e. The van der Waals surface area contributed by atoms with Crippen molar-refractivity contribution in [2.75, 3.05) is 4.90 Å². The molecule has 0 aliphatic carbocycles. The highest BCUT2D eigenvalue weighted by Crippen LogP contribution is 2.42. The first-order valence-corrected chi connectivity index (χ1v) is 12.6. The number of carbonyl (C=O) groups excluding carboxylic acids is 2. The van der Waals surface area contributed by atoms with E-state index in [0.29, 0.717) is 16.3 Å². The number of rotatable bonds is 7. The molecule has 6 heteroatoms. The summed E-state index contributed by atoms with van der Waals surface area (Å²) in [5.74, 6) is -1.71. The zero-order valence-corrected chi connectivity index (χ0v) is 21.2. The van der Waals surface area contributed by atoms with Gasteiger partial charge in [-0.1, -0.05) is 79.9 Å². The number of ketones is 1. The molecule has 1 aliphatic heterocycles. The van der Waals surface area contributed by atoms with Crippen LogP contribution in [-0.4, -0.2) is 16.8 Å². The predicted octanol–water partition coefficient (Wildman–Crippen LogP) is 7.52. The van der Waals surface area contributed by atoms with E-state index in [1.165, 1.54) is 16.5 Å². The van der Waals surface area contributed by atoms with Gasteiger partial charge in [0, 0.05) is 11.3 Å². The molecule has 4 rings (SSSR count). The molecule has 1 amide bonds. The fourth-order valence-corrected chi connectivity index (χ4v) is 4.65. The molecule has 1 N–H and O–H groups in total. The maximum atomic E-state index is 13.3. The summed E-state index contributed by atoms with van der Waals surface area (Å²) in [6, 6.07) is 19.3. The SMILES string of the molecule is CCCCc1ccc(N2C(=O)C(=O)/C(=C(\O)c3ccc(Cl)c(Cl)c3)C2c2ccc(CC)cc2)cc1. The lowest BCUT2D eigenvalue weighted by Gasteiger charge is -2.26. The number of unbranched alkanes of at least 4 members (excludes halogenated alkanes) is 1. The number of halogens is 2. The van der Waals surface area contributed by atoms with Crippen molar-refractivity contribution in [1.29, 1.82) is 0 Å². The Kier molecular flexibility index (Phi) is 7.63. The number of amides is 1. The van der Waals surface area contributed by atoms with Crippen molar-refractivity contribution in [3.8, 4) is 0 Å². The van der Waals surface area contributed by atoms with E-state index in [9.17, 15) is 14.7 Å². The molecule has 0 aromatic heterocycles. The number of aliphatic hydroxyl groups is 1. The molecule has 1 fully saturated rings. The molecule has 1 atom stereocenters. The minimum Gasteiger partial charge on any atom is -0.507 e. The zero-order valence-electron chi connectivity index (χ0n) is 19.7. The van der Waals surface area contributed by atoms with Gasteiger partial charge in [-0.05, 0) is 66.3 Å². The van der Waals surface area contributed by atoms with E-state index in [1.54, 1.807) is 12.1 Å². The molecule has 1 saturated heterocycles. The van der Waals surface area contributed by atoms with Gasteiger partial charge in [0.1, 0.15) is 5.76 Å². The summed E-state index contributed by atoms with van der Waals surface area (Å²) in [6.07, 6.45) is 3.99. The van der Waals surface area contributed by atoms with Crippen LogP contribution in [-0.2, 0) is 22.4 Å². The van der Waals surface area contributed by atoms with E-state index in [-0.39, 0.29) is 16.4 Å². The molecule has 35 heavy (non-hydrogen) atoms. The minimum absolute atomic E-state index is 0.0210. The number of hydrogen-bond donors (Lipinski definition) is 1. The van der Waals surface area contributed by atoms with Gasteiger partial charge in [-0.15, -0.1) is 0 Å². The van der Waals surface area contributed by atoms with Gasteiger partial charge < -0.3 is 5.11 Å².